The van der Waals surface area contributed by atoms with E-state index in [2.05, 4.69) is 24.1 Å². The molecule has 0 aliphatic carbocycles. The Morgan fingerprint density at radius 1 is 0.950 bits per heavy atom. The van der Waals surface area contributed by atoms with Gasteiger partial charge in [0.05, 0.1) is 0 Å². The molecule has 0 saturated carbocycles. The van der Waals surface area contributed by atoms with Crippen molar-refractivity contribution in [2.45, 2.75) is 19.4 Å². The van der Waals surface area contributed by atoms with E-state index in [1.54, 1.807) is 0 Å². The molecule has 0 amide bonds. The molecule has 106 valence electrons. The molecule has 0 aliphatic rings. The average Bonchev–Trinajstić information content (AvgIpc) is 2.44. The van der Waals surface area contributed by atoms with Crippen LogP contribution in [0.4, 0.5) is 10.1 Å². The van der Waals surface area contributed by atoms with E-state index in [9.17, 15) is 4.39 Å². The summed E-state index contributed by atoms with van der Waals surface area (Å²) in [7, 11) is 2.09. The molecule has 0 atom stereocenters. The standard InChI is InChI=1S/C17H21FN2/c1-20(13-15-4-8-16(18)9-5-15)12-2-3-14-6-10-17(19)11-7-14/h4-11H,2-3,12-13,19H2,1H3. The van der Waals surface area contributed by atoms with Gasteiger partial charge in [-0.15, -0.1) is 0 Å². The SMILES string of the molecule is CN(CCCc1ccc(N)cc1)Cc1ccc(F)cc1. The first-order chi connectivity index (χ1) is 9.63. The van der Waals surface area contributed by atoms with Crippen LogP contribution in [-0.4, -0.2) is 18.5 Å². The lowest BCUT2D eigenvalue weighted by Gasteiger charge is -2.16. The van der Waals surface area contributed by atoms with Crippen LogP contribution >= 0.6 is 0 Å². The van der Waals surface area contributed by atoms with Crippen molar-refractivity contribution in [1.29, 1.82) is 0 Å². The largest absolute Gasteiger partial charge is 0.399 e. The van der Waals surface area contributed by atoms with E-state index < -0.39 is 0 Å². The first kappa shape index (κ1) is 14.5. The van der Waals surface area contributed by atoms with E-state index in [0.717, 1.165) is 37.2 Å². The smallest absolute Gasteiger partial charge is 0.123 e. The summed E-state index contributed by atoms with van der Waals surface area (Å²) in [6, 6.07) is 14.7. The number of nitrogen functional groups attached to an aromatic ring is 1. The number of aryl methyl sites for hydroxylation is 1. The number of benzene rings is 2. The van der Waals surface area contributed by atoms with Crippen LogP contribution in [0.3, 0.4) is 0 Å². The maximum Gasteiger partial charge on any atom is 0.123 e. The Balaban J connectivity index is 1.73. The molecule has 2 rings (SSSR count). The lowest BCUT2D eigenvalue weighted by atomic mass is 10.1. The highest BCUT2D eigenvalue weighted by atomic mass is 19.1. The third kappa shape index (κ3) is 4.67. The summed E-state index contributed by atoms with van der Waals surface area (Å²) in [6.07, 6.45) is 2.15. The van der Waals surface area contributed by atoms with Crippen LogP contribution in [-0.2, 0) is 13.0 Å². The number of hydrogen-bond donors (Lipinski definition) is 1. The molecule has 0 heterocycles. The minimum atomic E-state index is -0.181. The third-order valence-electron chi connectivity index (χ3n) is 3.35. The predicted molar refractivity (Wildman–Crippen MR) is 81.9 cm³/mol. The zero-order valence-corrected chi connectivity index (χ0v) is 11.8. The van der Waals surface area contributed by atoms with Gasteiger partial charge in [0.2, 0.25) is 0 Å². The Bertz CT molecular complexity index is 520. The summed E-state index contributed by atoms with van der Waals surface area (Å²) in [6.45, 7) is 1.86. The molecule has 20 heavy (non-hydrogen) atoms. The van der Waals surface area contributed by atoms with Crippen molar-refractivity contribution >= 4 is 5.69 Å². The van der Waals surface area contributed by atoms with Gasteiger partial charge in [-0.25, -0.2) is 4.39 Å². The van der Waals surface area contributed by atoms with Gasteiger partial charge in [-0.2, -0.15) is 0 Å². The van der Waals surface area contributed by atoms with Crippen LogP contribution in [0.25, 0.3) is 0 Å². The summed E-state index contributed by atoms with van der Waals surface area (Å²) in [5, 5.41) is 0. The van der Waals surface area contributed by atoms with Crippen LogP contribution in [0.5, 0.6) is 0 Å². The molecular weight excluding hydrogens is 251 g/mol. The number of anilines is 1. The van der Waals surface area contributed by atoms with Gasteiger partial charge in [0.25, 0.3) is 0 Å². The summed E-state index contributed by atoms with van der Waals surface area (Å²) in [5.74, 6) is -0.181. The van der Waals surface area contributed by atoms with Gasteiger partial charge in [0.1, 0.15) is 5.82 Å². The molecule has 0 aliphatic heterocycles. The minimum absolute atomic E-state index is 0.181. The molecule has 0 bridgehead atoms. The van der Waals surface area contributed by atoms with Crippen molar-refractivity contribution in [1.82, 2.24) is 4.90 Å². The van der Waals surface area contributed by atoms with Crippen molar-refractivity contribution < 1.29 is 4.39 Å². The topological polar surface area (TPSA) is 29.3 Å². The van der Waals surface area contributed by atoms with E-state index in [4.69, 9.17) is 5.73 Å². The molecule has 2 nitrogen and oxygen atoms in total. The van der Waals surface area contributed by atoms with Crippen LogP contribution in [0.15, 0.2) is 48.5 Å². The average molecular weight is 272 g/mol. The van der Waals surface area contributed by atoms with Gasteiger partial charge in [0, 0.05) is 12.2 Å². The Labute approximate surface area is 120 Å². The lowest BCUT2D eigenvalue weighted by Crippen LogP contribution is -2.19. The van der Waals surface area contributed by atoms with Gasteiger partial charge in [0.15, 0.2) is 0 Å². The van der Waals surface area contributed by atoms with Crippen molar-refractivity contribution in [3.05, 3.63) is 65.5 Å². The molecule has 0 radical (unpaired) electrons. The Morgan fingerprint density at radius 3 is 2.20 bits per heavy atom. The molecular formula is C17H21FN2. The normalized spacial score (nSPS) is 10.9. The summed E-state index contributed by atoms with van der Waals surface area (Å²) in [5.41, 5.74) is 8.93. The van der Waals surface area contributed by atoms with Gasteiger partial charge in [-0.3, -0.25) is 0 Å². The number of rotatable bonds is 6. The van der Waals surface area contributed by atoms with E-state index >= 15 is 0 Å². The van der Waals surface area contributed by atoms with Gasteiger partial charge in [-0.05, 0) is 61.8 Å². The van der Waals surface area contributed by atoms with Crippen LogP contribution in [0.1, 0.15) is 17.5 Å². The molecule has 0 fully saturated rings. The van der Waals surface area contributed by atoms with Crippen molar-refractivity contribution in [2.24, 2.45) is 0 Å². The van der Waals surface area contributed by atoms with Gasteiger partial charge in [-0.1, -0.05) is 24.3 Å². The fourth-order valence-electron chi connectivity index (χ4n) is 2.22. The van der Waals surface area contributed by atoms with Crippen molar-refractivity contribution in [3.63, 3.8) is 0 Å². The molecule has 0 saturated heterocycles. The first-order valence-electron chi connectivity index (χ1n) is 6.91. The van der Waals surface area contributed by atoms with E-state index in [1.807, 2.05) is 24.3 Å². The maximum atomic E-state index is 12.8. The molecule has 2 aromatic carbocycles. The quantitative estimate of drug-likeness (QED) is 0.816. The summed E-state index contributed by atoms with van der Waals surface area (Å²) < 4.78 is 12.8. The zero-order valence-electron chi connectivity index (χ0n) is 11.8. The summed E-state index contributed by atoms with van der Waals surface area (Å²) in [4.78, 5) is 2.25. The Morgan fingerprint density at radius 2 is 1.55 bits per heavy atom. The Hall–Kier alpha value is -1.87. The zero-order chi connectivity index (χ0) is 14.4. The number of nitrogens with zero attached hydrogens (tertiary/aromatic N) is 1. The minimum Gasteiger partial charge on any atom is -0.399 e. The highest BCUT2D eigenvalue weighted by molar-refractivity contribution is 5.39. The fourth-order valence-corrected chi connectivity index (χ4v) is 2.22. The fraction of sp³-hybridized carbons (Fsp3) is 0.294. The van der Waals surface area contributed by atoms with E-state index in [0.29, 0.717) is 0 Å². The van der Waals surface area contributed by atoms with Gasteiger partial charge >= 0.3 is 0 Å². The number of halogens is 1. The number of nitrogens with two attached hydrogens (primary N) is 1. The van der Waals surface area contributed by atoms with Gasteiger partial charge < -0.3 is 10.6 Å². The molecule has 3 heteroatoms. The van der Waals surface area contributed by atoms with Crippen LogP contribution in [0, 0.1) is 5.82 Å². The van der Waals surface area contributed by atoms with E-state index in [-0.39, 0.29) is 5.82 Å². The molecule has 0 unspecified atom stereocenters. The molecule has 2 aromatic rings. The van der Waals surface area contributed by atoms with Crippen molar-refractivity contribution in [2.75, 3.05) is 19.3 Å². The van der Waals surface area contributed by atoms with Crippen molar-refractivity contribution in [3.8, 4) is 0 Å². The highest BCUT2D eigenvalue weighted by Gasteiger charge is 2.01. The number of hydrogen-bond acceptors (Lipinski definition) is 2. The second kappa shape index (κ2) is 7.06. The maximum absolute atomic E-state index is 12.8. The lowest BCUT2D eigenvalue weighted by molar-refractivity contribution is 0.322. The highest BCUT2D eigenvalue weighted by Crippen LogP contribution is 2.09. The van der Waals surface area contributed by atoms with E-state index in [1.165, 1.54) is 17.7 Å². The predicted octanol–water partition coefficient (Wildman–Crippen LogP) is 3.47. The van der Waals surface area contributed by atoms with Crippen LogP contribution in [0.2, 0.25) is 0 Å². The monoisotopic (exact) mass is 272 g/mol. The second-order valence-electron chi connectivity index (χ2n) is 5.21. The Kier molecular flexibility index (Phi) is 5.13. The second-order valence-corrected chi connectivity index (χ2v) is 5.21. The van der Waals surface area contributed by atoms with Crippen LogP contribution < -0.4 is 5.73 Å². The molecule has 0 aromatic heterocycles. The summed E-state index contributed by atoms with van der Waals surface area (Å²) >= 11 is 0. The molecule has 0 spiro atoms. The molecule has 2 N–H and O–H groups in total. The first-order valence-corrected chi connectivity index (χ1v) is 6.91. The third-order valence-corrected chi connectivity index (χ3v) is 3.35.